The van der Waals surface area contributed by atoms with Gasteiger partial charge in [-0.3, -0.25) is 4.79 Å². The Morgan fingerprint density at radius 2 is 2.13 bits per heavy atom. The number of amides is 1. The molecule has 0 aliphatic carbocycles. The minimum absolute atomic E-state index is 0.229. The van der Waals surface area contributed by atoms with Crippen LogP contribution in [-0.2, 0) is 0 Å². The number of carbonyl (C=O) groups excluding carboxylic acids is 1. The molecule has 23 heavy (non-hydrogen) atoms. The zero-order valence-electron chi connectivity index (χ0n) is 11.8. The number of benzene rings is 1. The standard InChI is InChI=1S/C14H12FN5O2S/c15-10-1-3-11(4-2-10)22-7-6-16-14(21)13-12(5-8-23-13)20-9-17-18-19-20/h1-5,8-9H,6-7H2,(H,16,21). The number of nitrogens with zero attached hydrogens (tertiary/aromatic N) is 4. The lowest BCUT2D eigenvalue weighted by Crippen LogP contribution is -2.28. The minimum Gasteiger partial charge on any atom is -0.492 e. The molecule has 0 saturated carbocycles. The number of halogens is 1. The maximum absolute atomic E-state index is 12.8. The fourth-order valence-electron chi connectivity index (χ4n) is 1.87. The second-order valence-corrected chi connectivity index (χ2v) is 5.36. The van der Waals surface area contributed by atoms with Crippen molar-refractivity contribution in [1.82, 2.24) is 25.5 Å². The Balaban J connectivity index is 1.52. The Labute approximate surface area is 134 Å². The number of carbonyl (C=O) groups is 1. The molecule has 0 radical (unpaired) electrons. The van der Waals surface area contributed by atoms with E-state index in [0.717, 1.165) is 0 Å². The third-order valence-corrected chi connectivity index (χ3v) is 3.82. The molecular formula is C14H12FN5O2S. The molecule has 2 aromatic heterocycles. The molecule has 9 heteroatoms. The first-order chi connectivity index (χ1) is 11.2. The van der Waals surface area contributed by atoms with Crippen molar-refractivity contribution in [2.45, 2.75) is 0 Å². The molecule has 0 bridgehead atoms. The lowest BCUT2D eigenvalue weighted by atomic mass is 10.3. The van der Waals surface area contributed by atoms with Crippen molar-refractivity contribution in [3.05, 3.63) is 52.7 Å². The van der Waals surface area contributed by atoms with E-state index in [2.05, 4.69) is 20.8 Å². The van der Waals surface area contributed by atoms with E-state index in [9.17, 15) is 9.18 Å². The molecule has 1 aromatic carbocycles. The smallest absolute Gasteiger partial charge is 0.263 e. The summed E-state index contributed by atoms with van der Waals surface area (Å²) >= 11 is 1.30. The average Bonchev–Trinajstić information content (AvgIpc) is 3.23. The van der Waals surface area contributed by atoms with Crippen LogP contribution in [0.4, 0.5) is 4.39 Å². The van der Waals surface area contributed by atoms with Crippen molar-refractivity contribution in [3.63, 3.8) is 0 Å². The van der Waals surface area contributed by atoms with E-state index in [1.54, 1.807) is 11.4 Å². The van der Waals surface area contributed by atoms with Crippen LogP contribution in [0.5, 0.6) is 5.75 Å². The Morgan fingerprint density at radius 3 is 2.87 bits per heavy atom. The van der Waals surface area contributed by atoms with Crippen LogP contribution in [0.3, 0.4) is 0 Å². The molecule has 0 aliphatic rings. The monoisotopic (exact) mass is 333 g/mol. The van der Waals surface area contributed by atoms with Gasteiger partial charge >= 0.3 is 0 Å². The minimum atomic E-state index is -0.321. The van der Waals surface area contributed by atoms with Gasteiger partial charge in [0.1, 0.15) is 29.4 Å². The topological polar surface area (TPSA) is 81.9 Å². The van der Waals surface area contributed by atoms with Crippen LogP contribution in [-0.4, -0.2) is 39.3 Å². The van der Waals surface area contributed by atoms with Gasteiger partial charge in [0.05, 0.1) is 12.2 Å². The summed E-state index contributed by atoms with van der Waals surface area (Å²) in [6, 6.07) is 7.47. The molecule has 3 rings (SSSR count). The largest absolute Gasteiger partial charge is 0.492 e. The Kier molecular flexibility index (Phi) is 4.57. The summed E-state index contributed by atoms with van der Waals surface area (Å²) in [4.78, 5) is 12.7. The predicted molar refractivity (Wildman–Crippen MR) is 81.3 cm³/mol. The van der Waals surface area contributed by atoms with E-state index in [0.29, 0.717) is 22.9 Å². The van der Waals surface area contributed by atoms with Crippen molar-refractivity contribution in [1.29, 1.82) is 0 Å². The normalized spacial score (nSPS) is 10.5. The SMILES string of the molecule is O=C(NCCOc1ccc(F)cc1)c1sccc1-n1cnnn1. The second-order valence-electron chi connectivity index (χ2n) is 4.45. The third kappa shape index (κ3) is 3.69. The van der Waals surface area contributed by atoms with E-state index in [-0.39, 0.29) is 18.3 Å². The zero-order chi connectivity index (χ0) is 16.1. The van der Waals surface area contributed by atoms with Gasteiger partial charge in [-0.1, -0.05) is 0 Å². The van der Waals surface area contributed by atoms with Crippen LogP contribution in [0.2, 0.25) is 0 Å². The van der Waals surface area contributed by atoms with E-state index in [1.807, 2.05) is 0 Å². The fraction of sp³-hybridized carbons (Fsp3) is 0.143. The fourth-order valence-corrected chi connectivity index (χ4v) is 2.66. The van der Waals surface area contributed by atoms with E-state index >= 15 is 0 Å². The van der Waals surface area contributed by atoms with Crippen molar-refractivity contribution >= 4 is 17.2 Å². The Hall–Kier alpha value is -2.81. The van der Waals surface area contributed by atoms with Gasteiger partial charge in [0.15, 0.2) is 0 Å². The molecule has 0 spiro atoms. The molecule has 3 aromatic rings. The van der Waals surface area contributed by atoms with Crippen molar-refractivity contribution < 1.29 is 13.9 Å². The highest BCUT2D eigenvalue weighted by molar-refractivity contribution is 7.12. The van der Waals surface area contributed by atoms with Crippen LogP contribution < -0.4 is 10.1 Å². The quantitative estimate of drug-likeness (QED) is 0.694. The number of rotatable bonds is 6. The van der Waals surface area contributed by atoms with Crippen molar-refractivity contribution in [2.75, 3.05) is 13.2 Å². The van der Waals surface area contributed by atoms with Gasteiger partial charge in [0.25, 0.3) is 5.91 Å². The lowest BCUT2D eigenvalue weighted by molar-refractivity contribution is 0.0951. The first-order valence-corrected chi connectivity index (χ1v) is 7.59. The summed E-state index contributed by atoms with van der Waals surface area (Å²) < 4.78 is 19.6. The maximum Gasteiger partial charge on any atom is 0.263 e. The molecule has 0 fully saturated rings. The van der Waals surface area contributed by atoms with Crippen LogP contribution in [0, 0.1) is 5.82 Å². The summed E-state index contributed by atoms with van der Waals surface area (Å²) in [7, 11) is 0. The summed E-state index contributed by atoms with van der Waals surface area (Å²) in [5.74, 6) is -0.00200. The molecule has 1 N–H and O–H groups in total. The molecule has 1 amide bonds. The predicted octanol–water partition coefficient (Wildman–Crippen LogP) is 1.67. The van der Waals surface area contributed by atoms with Crippen molar-refractivity contribution in [2.24, 2.45) is 0 Å². The van der Waals surface area contributed by atoms with E-state index in [1.165, 1.54) is 46.6 Å². The number of tetrazole rings is 1. The van der Waals surface area contributed by atoms with Gasteiger partial charge in [-0.15, -0.1) is 16.4 Å². The maximum atomic E-state index is 12.8. The third-order valence-electron chi connectivity index (χ3n) is 2.92. The summed E-state index contributed by atoms with van der Waals surface area (Å²) in [6.45, 7) is 0.603. The average molecular weight is 333 g/mol. The van der Waals surface area contributed by atoms with Gasteiger partial charge in [0, 0.05) is 0 Å². The van der Waals surface area contributed by atoms with Crippen LogP contribution in [0.15, 0.2) is 42.0 Å². The Bertz CT molecular complexity index is 773. The number of thiophene rings is 1. The van der Waals surface area contributed by atoms with Crippen LogP contribution in [0.1, 0.15) is 9.67 Å². The molecule has 0 unspecified atom stereocenters. The second kappa shape index (κ2) is 6.97. The molecule has 0 aliphatic heterocycles. The van der Waals surface area contributed by atoms with Crippen LogP contribution >= 0.6 is 11.3 Å². The van der Waals surface area contributed by atoms with Gasteiger partial charge in [-0.2, -0.15) is 4.68 Å². The number of nitrogens with one attached hydrogen (secondary N) is 1. The Morgan fingerprint density at radius 1 is 1.30 bits per heavy atom. The molecular weight excluding hydrogens is 321 g/mol. The molecule has 118 valence electrons. The number of ether oxygens (including phenoxy) is 1. The zero-order valence-corrected chi connectivity index (χ0v) is 12.7. The van der Waals surface area contributed by atoms with E-state index < -0.39 is 0 Å². The molecule has 0 atom stereocenters. The number of hydrogen-bond acceptors (Lipinski definition) is 6. The summed E-state index contributed by atoms with van der Waals surface area (Å²) in [5.41, 5.74) is 0.622. The highest BCUT2D eigenvalue weighted by atomic mass is 32.1. The van der Waals surface area contributed by atoms with Crippen LogP contribution in [0.25, 0.3) is 5.69 Å². The first-order valence-electron chi connectivity index (χ1n) is 6.71. The van der Waals surface area contributed by atoms with Gasteiger partial charge in [-0.05, 0) is 46.1 Å². The number of hydrogen-bond donors (Lipinski definition) is 1. The number of aromatic nitrogens is 4. The van der Waals surface area contributed by atoms with E-state index in [4.69, 9.17) is 4.74 Å². The van der Waals surface area contributed by atoms with Crippen molar-refractivity contribution in [3.8, 4) is 11.4 Å². The highest BCUT2D eigenvalue weighted by Crippen LogP contribution is 2.19. The van der Waals surface area contributed by atoms with Gasteiger partial charge in [-0.25, -0.2) is 4.39 Å². The first kappa shape index (κ1) is 15.1. The molecule has 2 heterocycles. The van der Waals surface area contributed by atoms with Gasteiger partial charge in [0.2, 0.25) is 0 Å². The summed E-state index contributed by atoms with van der Waals surface area (Å²) in [5, 5.41) is 15.4. The molecule has 7 nitrogen and oxygen atoms in total. The molecule has 0 saturated heterocycles. The lowest BCUT2D eigenvalue weighted by Gasteiger charge is -2.08. The van der Waals surface area contributed by atoms with Gasteiger partial charge < -0.3 is 10.1 Å². The highest BCUT2D eigenvalue weighted by Gasteiger charge is 2.15. The summed E-state index contributed by atoms with van der Waals surface area (Å²) in [6.07, 6.45) is 1.43.